The van der Waals surface area contributed by atoms with Gasteiger partial charge in [0, 0.05) is 12.3 Å². The Kier molecular flexibility index (Phi) is 4.04. The lowest BCUT2D eigenvalue weighted by Gasteiger charge is -2.33. The SMILES string of the molecule is CC(C)c1cc(F)c(Oc2ccnc(C3(F)CCC3)c2)c(F)c1. The summed E-state index contributed by atoms with van der Waals surface area (Å²) in [7, 11) is 0. The number of nitrogens with zero attached hydrogens (tertiary/aromatic N) is 1. The van der Waals surface area contributed by atoms with E-state index >= 15 is 0 Å². The molecule has 1 aliphatic carbocycles. The van der Waals surface area contributed by atoms with Gasteiger partial charge < -0.3 is 4.74 Å². The molecule has 3 rings (SSSR count). The third kappa shape index (κ3) is 3.05. The van der Waals surface area contributed by atoms with Crippen molar-refractivity contribution < 1.29 is 17.9 Å². The number of alkyl halides is 1. The lowest BCUT2D eigenvalue weighted by atomic mass is 9.79. The zero-order valence-corrected chi connectivity index (χ0v) is 13.1. The average Bonchev–Trinajstić information content (AvgIpc) is 2.48. The van der Waals surface area contributed by atoms with Crippen LogP contribution in [0.3, 0.4) is 0 Å². The minimum absolute atomic E-state index is 0.00518. The summed E-state index contributed by atoms with van der Waals surface area (Å²) in [6.07, 6.45) is 3.02. The Hall–Kier alpha value is -2.04. The van der Waals surface area contributed by atoms with E-state index < -0.39 is 23.1 Å². The maximum atomic E-state index is 14.4. The van der Waals surface area contributed by atoms with Gasteiger partial charge in [0.25, 0.3) is 0 Å². The number of benzene rings is 1. The Bertz CT molecular complexity index is 703. The predicted molar refractivity (Wildman–Crippen MR) is 81.4 cm³/mol. The van der Waals surface area contributed by atoms with Crippen LogP contribution in [-0.4, -0.2) is 4.98 Å². The Morgan fingerprint density at radius 2 is 1.78 bits per heavy atom. The summed E-state index contributed by atoms with van der Waals surface area (Å²) < 4.78 is 47.9. The van der Waals surface area contributed by atoms with E-state index in [-0.39, 0.29) is 17.4 Å². The molecular formula is C18H18F3NO. The van der Waals surface area contributed by atoms with Crippen molar-refractivity contribution in [1.29, 1.82) is 0 Å². The van der Waals surface area contributed by atoms with Crippen molar-refractivity contribution >= 4 is 0 Å². The van der Waals surface area contributed by atoms with E-state index in [1.165, 1.54) is 30.5 Å². The van der Waals surface area contributed by atoms with Crippen molar-refractivity contribution in [2.24, 2.45) is 0 Å². The highest BCUT2D eigenvalue weighted by molar-refractivity contribution is 5.37. The molecule has 2 aromatic rings. The van der Waals surface area contributed by atoms with Crippen LogP contribution in [0.15, 0.2) is 30.5 Å². The molecule has 1 fully saturated rings. The Balaban J connectivity index is 1.89. The van der Waals surface area contributed by atoms with Gasteiger partial charge in [-0.05, 0) is 48.9 Å². The van der Waals surface area contributed by atoms with Crippen LogP contribution >= 0.6 is 0 Å². The fourth-order valence-corrected chi connectivity index (χ4v) is 2.59. The molecule has 0 atom stereocenters. The van der Waals surface area contributed by atoms with Crippen molar-refractivity contribution in [3.8, 4) is 11.5 Å². The van der Waals surface area contributed by atoms with Gasteiger partial charge in [-0.3, -0.25) is 4.98 Å². The van der Waals surface area contributed by atoms with Gasteiger partial charge in [-0.1, -0.05) is 13.8 Å². The van der Waals surface area contributed by atoms with Crippen LogP contribution < -0.4 is 4.74 Å². The molecule has 2 nitrogen and oxygen atoms in total. The molecule has 0 amide bonds. The molecule has 23 heavy (non-hydrogen) atoms. The highest BCUT2D eigenvalue weighted by Gasteiger charge is 2.40. The molecule has 0 saturated heterocycles. The Labute approximate surface area is 133 Å². The van der Waals surface area contributed by atoms with Gasteiger partial charge in [0.05, 0.1) is 5.69 Å². The number of pyridine rings is 1. The standard InChI is InChI=1S/C18H18F3NO/c1-11(2)12-8-14(19)17(15(20)9-12)23-13-4-7-22-16(10-13)18(21)5-3-6-18/h4,7-11H,3,5-6H2,1-2H3. The van der Waals surface area contributed by atoms with Crippen molar-refractivity contribution in [2.75, 3.05) is 0 Å². The first-order valence-corrected chi connectivity index (χ1v) is 7.71. The van der Waals surface area contributed by atoms with Gasteiger partial charge in [-0.25, -0.2) is 13.2 Å². The minimum atomic E-state index is -1.45. The fourth-order valence-electron chi connectivity index (χ4n) is 2.59. The molecule has 0 radical (unpaired) electrons. The molecule has 1 saturated carbocycles. The molecule has 0 spiro atoms. The van der Waals surface area contributed by atoms with Gasteiger partial charge in [-0.2, -0.15) is 0 Å². The van der Waals surface area contributed by atoms with E-state index in [4.69, 9.17) is 4.74 Å². The summed E-state index contributed by atoms with van der Waals surface area (Å²) in [6.45, 7) is 3.70. The van der Waals surface area contributed by atoms with Crippen LogP contribution in [0.1, 0.15) is 50.3 Å². The smallest absolute Gasteiger partial charge is 0.198 e. The second-order valence-corrected chi connectivity index (χ2v) is 6.27. The number of halogens is 3. The molecule has 0 N–H and O–H groups in total. The maximum absolute atomic E-state index is 14.4. The molecule has 1 heterocycles. The van der Waals surface area contributed by atoms with Gasteiger partial charge in [-0.15, -0.1) is 0 Å². The van der Waals surface area contributed by atoms with Crippen LogP contribution in [-0.2, 0) is 5.67 Å². The van der Waals surface area contributed by atoms with Crippen molar-refractivity contribution in [3.63, 3.8) is 0 Å². The van der Waals surface area contributed by atoms with E-state index in [1.807, 2.05) is 13.8 Å². The number of ether oxygens (including phenoxy) is 1. The molecule has 122 valence electrons. The summed E-state index contributed by atoms with van der Waals surface area (Å²) in [5.41, 5.74) is -0.640. The maximum Gasteiger partial charge on any atom is 0.198 e. The lowest BCUT2D eigenvalue weighted by molar-refractivity contribution is 0.0557. The van der Waals surface area contributed by atoms with E-state index in [0.717, 1.165) is 6.42 Å². The molecule has 0 bridgehead atoms. The molecule has 1 aliphatic rings. The number of aromatic nitrogens is 1. The summed E-state index contributed by atoms with van der Waals surface area (Å²) >= 11 is 0. The average molecular weight is 321 g/mol. The second kappa shape index (κ2) is 5.87. The van der Waals surface area contributed by atoms with Gasteiger partial charge in [0.2, 0.25) is 0 Å². The molecular weight excluding hydrogens is 303 g/mol. The third-order valence-electron chi connectivity index (χ3n) is 4.24. The van der Waals surface area contributed by atoms with E-state index in [2.05, 4.69) is 4.98 Å². The molecule has 0 unspecified atom stereocenters. The number of hydrogen-bond acceptors (Lipinski definition) is 2. The van der Waals surface area contributed by atoms with E-state index in [9.17, 15) is 13.2 Å². The number of hydrogen-bond donors (Lipinski definition) is 0. The summed E-state index contributed by atoms with van der Waals surface area (Å²) in [4.78, 5) is 4.01. The quantitative estimate of drug-likeness (QED) is 0.728. The summed E-state index contributed by atoms with van der Waals surface area (Å²) in [6, 6.07) is 5.39. The van der Waals surface area contributed by atoms with Crippen molar-refractivity contribution in [2.45, 2.75) is 44.7 Å². The van der Waals surface area contributed by atoms with E-state index in [1.54, 1.807) is 0 Å². The summed E-state index contributed by atoms with van der Waals surface area (Å²) in [5, 5.41) is 0. The largest absolute Gasteiger partial charge is 0.451 e. The van der Waals surface area contributed by atoms with Crippen molar-refractivity contribution in [1.82, 2.24) is 4.98 Å². The second-order valence-electron chi connectivity index (χ2n) is 6.27. The van der Waals surface area contributed by atoms with Gasteiger partial charge >= 0.3 is 0 Å². The monoisotopic (exact) mass is 321 g/mol. The summed E-state index contributed by atoms with van der Waals surface area (Å²) in [5.74, 6) is -1.84. The predicted octanol–water partition coefficient (Wildman–Crippen LogP) is 5.62. The molecule has 1 aromatic heterocycles. The zero-order chi connectivity index (χ0) is 16.6. The normalized spacial score (nSPS) is 16.3. The number of rotatable bonds is 4. The van der Waals surface area contributed by atoms with Crippen molar-refractivity contribution in [3.05, 3.63) is 53.4 Å². The first-order chi connectivity index (χ1) is 10.9. The van der Waals surface area contributed by atoms with Crippen LogP contribution in [0.25, 0.3) is 0 Å². The first kappa shape index (κ1) is 15.8. The molecule has 5 heteroatoms. The fraction of sp³-hybridized carbons (Fsp3) is 0.389. The van der Waals surface area contributed by atoms with E-state index in [0.29, 0.717) is 18.4 Å². The molecule has 1 aromatic carbocycles. The van der Waals surface area contributed by atoms with Crippen LogP contribution in [0.2, 0.25) is 0 Å². The Morgan fingerprint density at radius 3 is 2.30 bits per heavy atom. The topological polar surface area (TPSA) is 22.1 Å². The highest BCUT2D eigenvalue weighted by Crippen LogP contribution is 2.45. The van der Waals surface area contributed by atoms with Crippen LogP contribution in [0.5, 0.6) is 11.5 Å². The minimum Gasteiger partial charge on any atom is -0.451 e. The Morgan fingerprint density at radius 1 is 1.13 bits per heavy atom. The highest BCUT2D eigenvalue weighted by atomic mass is 19.1. The first-order valence-electron chi connectivity index (χ1n) is 7.71. The third-order valence-corrected chi connectivity index (χ3v) is 4.24. The zero-order valence-electron chi connectivity index (χ0n) is 13.1. The van der Waals surface area contributed by atoms with Crippen LogP contribution in [0.4, 0.5) is 13.2 Å². The molecule has 0 aliphatic heterocycles. The van der Waals surface area contributed by atoms with Gasteiger partial charge in [0.1, 0.15) is 5.75 Å². The lowest BCUT2D eigenvalue weighted by Crippen LogP contribution is -2.29. The van der Waals surface area contributed by atoms with Crippen LogP contribution in [0, 0.1) is 11.6 Å². The van der Waals surface area contributed by atoms with Gasteiger partial charge in [0.15, 0.2) is 23.1 Å².